The van der Waals surface area contributed by atoms with E-state index in [4.69, 9.17) is 21.5 Å². The summed E-state index contributed by atoms with van der Waals surface area (Å²) in [4.78, 5) is 0. The molecule has 4 nitrogen and oxygen atoms in total. The molecule has 0 aromatic heterocycles. The van der Waals surface area contributed by atoms with E-state index < -0.39 is 7.82 Å². The third kappa shape index (κ3) is 5.58. The van der Waals surface area contributed by atoms with Gasteiger partial charge in [0.2, 0.25) is 0 Å². The molecule has 1 aliphatic rings. The van der Waals surface area contributed by atoms with Crippen LogP contribution in [0.25, 0.3) is 0 Å². The molecule has 6 heteroatoms. The van der Waals surface area contributed by atoms with Crippen LogP contribution in [-0.4, -0.2) is 8.05 Å². The lowest BCUT2D eigenvalue weighted by molar-refractivity contribution is 0.295. The van der Waals surface area contributed by atoms with Crippen LogP contribution < -0.4 is 9.05 Å². The van der Waals surface area contributed by atoms with Crippen molar-refractivity contribution in [3.05, 3.63) is 57.6 Å². The second kappa shape index (κ2) is 8.95. The molecule has 36 heavy (non-hydrogen) atoms. The molecule has 0 saturated carbocycles. The van der Waals surface area contributed by atoms with Crippen LogP contribution in [0.3, 0.4) is 0 Å². The molecule has 0 N–H and O–H groups in total. The molecule has 3 rings (SSSR count). The molecular formula is C30H44BO4P. The normalized spacial score (nSPS) is 21.0. The maximum Gasteiger partial charge on any atom is 0.571 e. The predicted octanol–water partition coefficient (Wildman–Crippen LogP) is 9.01. The van der Waals surface area contributed by atoms with Gasteiger partial charge in [-0.3, -0.25) is 0 Å². The number of hydrogen-bond acceptors (Lipinski definition) is 4. The Labute approximate surface area is 220 Å². The number of phosphoric acid groups is 1. The zero-order valence-corrected chi connectivity index (χ0v) is 25.4. The molecule has 0 saturated heterocycles. The largest absolute Gasteiger partial charge is 0.571 e. The Kier molecular flexibility index (Phi) is 7.17. The van der Waals surface area contributed by atoms with Crippen LogP contribution in [0.1, 0.15) is 129 Å². The van der Waals surface area contributed by atoms with Gasteiger partial charge in [0.15, 0.2) is 0 Å². The molecule has 2 aromatic carbocycles. The third-order valence-corrected chi connectivity index (χ3v) is 8.12. The van der Waals surface area contributed by atoms with Crippen molar-refractivity contribution in [3.63, 3.8) is 0 Å². The average molecular weight is 510 g/mol. The highest BCUT2D eigenvalue weighted by atomic mass is 31.2. The van der Waals surface area contributed by atoms with E-state index in [0.717, 1.165) is 22.3 Å². The quantitative estimate of drug-likeness (QED) is 0.284. The van der Waals surface area contributed by atoms with E-state index in [1.807, 2.05) is 0 Å². The fourth-order valence-corrected chi connectivity index (χ4v) is 5.56. The van der Waals surface area contributed by atoms with Crippen LogP contribution in [0.2, 0.25) is 0 Å². The van der Waals surface area contributed by atoms with Crippen molar-refractivity contribution in [3.8, 4) is 11.5 Å². The average Bonchev–Trinajstić information content (AvgIpc) is 2.69. The summed E-state index contributed by atoms with van der Waals surface area (Å²) < 4.78 is 31.3. The maximum atomic E-state index is 13.9. The highest BCUT2D eigenvalue weighted by Gasteiger charge is 2.41. The highest BCUT2D eigenvalue weighted by Crippen LogP contribution is 2.59. The summed E-state index contributed by atoms with van der Waals surface area (Å²) in [5.41, 5.74) is 5.45. The first-order valence-electron chi connectivity index (χ1n) is 12.8. The Hall–Kier alpha value is -1.71. The van der Waals surface area contributed by atoms with E-state index in [9.17, 15) is 4.57 Å². The molecule has 0 amide bonds. The van der Waals surface area contributed by atoms with E-state index in [2.05, 4.69) is 114 Å². The first-order chi connectivity index (χ1) is 16.1. The molecule has 0 spiro atoms. The Morgan fingerprint density at radius 2 is 1.00 bits per heavy atom. The molecule has 0 fully saturated rings. The number of hydrogen-bond donors (Lipinski definition) is 0. The first-order valence-corrected chi connectivity index (χ1v) is 14.3. The highest BCUT2D eigenvalue weighted by molar-refractivity contribution is 7.50. The molecule has 1 aliphatic heterocycles. The molecule has 0 bridgehead atoms. The SMILES string of the molecule is [B]OP1(=O)Oc2c(cc(C(C)(C)C)cc2C(C)(C)C)C(C)c2cc(C(C)(C)C)cc(C(C)(C)C)c2O1. The second-order valence-electron chi connectivity index (χ2n) is 14.3. The van der Waals surface area contributed by atoms with Crippen molar-refractivity contribution in [2.45, 2.75) is 118 Å². The van der Waals surface area contributed by atoms with Crippen molar-refractivity contribution in [2.75, 3.05) is 0 Å². The van der Waals surface area contributed by atoms with Gasteiger partial charge < -0.3 is 13.5 Å². The summed E-state index contributed by atoms with van der Waals surface area (Å²) in [7, 11) is 1.43. The molecular weight excluding hydrogens is 466 g/mol. The van der Waals surface area contributed by atoms with Gasteiger partial charge in [-0.05, 0) is 32.8 Å². The molecule has 1 heterocycles. The van der Waals surface area contributed by atoms with Crippen LogP contribution in [0.5, 0.6) is 11.5 Å². The number of benzene rings is 2. The van der Waals surface area contributed by atoms with Gasteiger partial charge in [0.25, 0.3) is 0 Å². The summed E-state index contributed by atoms with van der Waals surface area (Å²) >= 11 is 0. The van der Waals surface area contributed by atoms with Gasteiger partial charge in [-0.1, -0.05) is 114 Å². The molecule has 2 aromatic rings. The standard InChI is InChI=1S/C30H44BO4P/c1-18-21-14-19(27(2,3)4)16-23(29(8,9)10)25(21)33-36(32,35-31)34-26-22(18)15-20(28(5,6)7)17-24(26)30(11,12)13/h14-18H,1-13H3. The Morgan fingerprint density at radius 1 is 0.667 bits per heavy atom. The lowest BCUT2D eigenvalue weighted by Gasteiger charge is -2.36. The predicted molar refractivity (Wildman–Crippen MR) is 151 cm³/mol. The zero-order chi connectivity index (χ0) is 27.6. The second-order valence-corrected chi connectivity index (χ2v) is 15.8. The van der Waals surface area contributed by atoms with Crippen molar-refractivity contribution >= 4 is 15.9 Å². The Balaban J connectivity index is 2.53. The lowest BCUT2D eigenvalue weighted by atomic mass is 9.74. The molecule has 196 valence electrons. The minimum Gasteiger partial charge on any atom is -0.395 e. The van der Waals surface area contributed by atoms with Crippen molar-refractivity contribution in [1.29, 1.82) is 0 Å². The molecule has 2 radical (unpaired) electrons. The fraction of sp³-hybridized carbons (Fsp3) is 0.600. The third-order valence-electron chi connectivity index (χ3n) is 7.05. The van der Waals surface area contributed by atoms with E-state index in [1.165, 1.54) is 11.1 Å². The monoisotopic (exact) mass is 510 g/mol. The van der Waals surface area contributed by atoms with Crippen LogP contribution in [0.15, 0.2) is 24.3 Å². The van der Waals surface area contributed by atoms with Crippen molar-refractivity contribution in [2.24, 2.45) is 0 Å². The number of phosphoric ester groups is 1. The van der Waals surface area contributed by atoms with Crippen LogP contribution in [0.4, 0.5) is 0 Å². The van der Waals surface area contributed by atoms with Gasteiger partial charge >= 0.3 is 15.9 Å². The lowest BCUT2D eigenvalue weighted by Crippen LogP contribution is -2.24. The van der Waals surface area contributed by atoms with Crippen LogP contribution >= 0.6 is 7.82 Å². The molecule has 0 aliphatic carbocycles. The number of fused-ring (bicyclic) bond motifs is 2. The Bertz CT molecular complexity index is 1110. The maximum absolute atomic E-state index is 13.9. The van der Waals surface area contributed by atoms with Gasteiger partial charge in [0.05, 0.1) is 0 Å². The van der Waals surface area contributed by atoms with Crippen molar-refractivity contribution < 1.29 is 18.1 Å². The van der Waals surface area contributed by atoms with Crippen LogP contribution in [0, 0.1) is 0 Å². The summed E-state index contributed by atoms with van der Waals surface area (Å²) in [6.45, 7) is 28.1. The van der Waals surface area contributed by atoms with E-state index in [0.29, 0.717) is 11.5 Å². The van der Waals surface area contributed by atoms with E-state index in [1.54, 1.807) is 0 Å². The fourth-order valence-electron chi connectivity index (χ4n) is 4.58. The molecule has 0 atom stereocenters. The first kappa shape index (κ1) is 28.9. The van der Waals surface area contributed by atoms with Crippen molar-refractivity contribution in [1.82, 2.24) is 0 Å². The minimum absolute atomic E-state index is 0.0890. The van der Waals surface area contributed by atoms with E-state index in [-0.39, 0.29) is 27.6 Å². The summed E-state index contributed by atoms with van der Waals surface area (Å²) in [5.74, 6) is 0.968. The van der Waals surface area contributed by atoms with Crippen LogP contribution in [-0.2, 0) is 30.7 Å². The Morgan fingerprint density at radius 3 is 1.25 bits per heavy atom. The van der Waals surface area contributed by atoms with Gasteiger partial charge in [-0.2, -0.15) is 0 Å². The summed E-state index contributed by atoms with van der Waals surface area (Å²) in [6, 6.07) is 8.68. The summed E-state index contributed by atoms with van der Waals surface area (Å²) in [6.07, 6.45) is 0. The zero-order valence-electron chi connectivity index (χ0n) is 24.5. The summed E-state index contributed by atoms with van der Waals surface area (Å²) in [5, 5.41) is 0. The minimum atomic E-state index is -4.18. The van der Waals surface area contributed by atoms with E-state index >= 15 is 0 Å². The van der Waals surface area contributed by atoms with Gasteiger partial charge in [-0.25, -0.2) is 4.57 Å². The molecule has 0 unspecified atom stereocenters. The van der Waals surface area contributed by atoms with Gasteiger partial charge in [-0.15, -0.1) is 0 Å². The topological polar surface area (TPSA) is 44.8 Å². The van der Waals surface area contributed by atoms with Gasteiger partial charge in [0.1, 0.15) is 11.5 Å². The van der Waals surface area contributed by atoms with Gasteiger partial charge in [0, 0.05) is 28.2 Å². The number of rotatable bonds is 1. The smallest absolute Gasteiger partial charge is 0.395 e.